The number of nitrogens with zero attached hydrogens (tertiary/aromatic N) is 1. The lowest BCUT2D eigenvalue weighted by Crippen LogP contribution is -2.60. The second-order valence-corrected chi connectivity index (χ2v) is 4.37. The summed E-state index contributed by atoms with van der Waals surface area (Å²) < 4.78 is 0. The van der Waals surface area contributed by atoms with Crippen molar-refractivity contribution in [3.05, 3.63) is 0 Å². The molecule has 1 amide bonds. The van der Waals surface area contributed by atoms with E-state index in [0.717, 1.165) is 32.6 Å². The Morgan fingerprint density at radius 1 is 1.29 bits per heavy atom. The summed E-state index contributed by atoms with van der Waals surface area (Å²) in [6.45, 7) is 3.72. The third-order valence-electron chi connectivity index (χ3n) is 3.55. The van der Waals surface area contributed by atoms with E-state index in [0.29, 0.717) is 0 Å². The van der Waals surface area contributed by atoms with Gasteiger partial charge in [0.1, 0.15) is 5.54 Å². The topological polar surface area (TPSA) is 58.4 Å². The molecule has 80 valence electrons. The monoisotopic (exact) mass is 197 g/mol. The SMILES string of the molecule is NC(=O)C1(N2CCCCC2)CCNC1. The number of nitrogens with two attached hydrogens (primary N) is 1. The van der Waals surface area contributed by atoms with E-state index in [2.05, 4.69) is 10.2 Å². The predicted octanol–water partition coefficient (Wildman–Crippen LogP) is -0.310. The maximum atomic E-state index is 11.6. The lowest BCUT2D eigenvalue weighted by molar-refractivity contribution is -0.129. The highest BCUT2D eigenvalue weighted by Crippen LogP contribution is 2.26. The molecule has 1 atom stereocenters. The second-order valence-electron chi connectivity index (χ2n) is 4.37. The molecule has 0 aromatic rings. The van der Waals surface area contributed by atoms with E-state index in [9.17, 15) is 4.79 Å². The highest BCUT2D eigenvalue weighted by Gasteiger charge is 2.44. The summed E-state index contributed by atoms with van der Waals surface area (Å²) in [6, 6.07) is 0. The quantitative estimate of drug-likeness (QED) is 0.638. The van der Waals surface area contributed by atoms with Gasteiger partial charge in [0, 0.05) is 6.54 Å². The first-order valence-electron chi connectivity index (χ1n) is 5.51. The normalized spacial score (nSPS) is 34.6. The van der Waals surface area contributed by atoms with Crippen molar-refractivity contribution in [2.24, 2.45) is 5.73 Å². The number of nitrogens with one attached hydrogen (secondary N) is 1. The Morgan fingerprint density at radius 2 is 2.00 bits per heavy atom. The number of amides is 1. The van der Waals surface area contributed by atoms with Gasteiger partial charge in [0.05, 0.1) is 0 Å². The number of primary amides is 1. The van der Waals surface area contributed by atoms with Crippen LogP contribution in [0.4, 0.5) is 0 Å². The van der Waals surface area contributed by atoms with E-state index in [-0.39, 0.29) is 11.4 Å². The highest BCUT2D eigenvalue weighted by molar-refractivity contribution is 5.85. The van der Waals surface area contributed by atoms with Crippen molar-refractivity contribution in [3.63, 3.8) is 0 Å². The van der Waals surface area contributed by atoms with Gasteiger partial charge in [-0.3, -0.25) is 9.69 Å². The Hall–Kier alpha value is -0.610. The number of piperidine rings is 1. The fourth-order valence-corrected chi connectivity index (χ4v) is 2.64. The molecule has 14 heavy (non-hydrogen) atoms. The average Bonchev–Trinajstić information content (AvgIpc) is 2.69. The number of hydrogen-bond donors (Lipinski definition) is 2. The number of likely N-dealkylation sites (tertiary alicyclic amines) is 1. The van der Waals surface area contributed by atoms with Gasteiger partial charge in [-0.15, -0.1) is 0 Å². The third-order valence-corrected chi connectivity index (χ3v) is 3.55. The first-order chi connectivity index (χ1) is 6.76. The highest BCUT2D eigenvalue weighted by atomic mass is 16.1. The van der Waals surface area contributed by atoms with Gasteiger partial charge in [-0.05, 0) is 38.9 Å². The first-order valence-corrected chi connectivity index (χ1v) is 5.51. The molecule has 2 fully saturated rings. The molecular formula is C10H19N3O. The molecule has 4 nitrogen and oxygen atoms in total. The van der Waals surface area contributed by atoms with Gasteiger partial charge in [-0.1, -0.05) is 6.42 Å². The van der Waals surface area contributed by atoms with Crippen molar-refractivity contribution >= 4 is 5.91 Å². The van der Waals surface area contributed by atoms with Crippen molar-refractivity contribution in [1.82, 2.24) is 10.2 Å². The summed E-state index contributed by atoms with van der Waals surface area (Å²) >= 11 is 0. The molecule has 0 aliphatic carbocycles. The lowest BCUT2D eigenvalue weighted by atomic mass is 9.92. The molecule has 0 radical (unpaired) electrons. The van der Waals surface area contributed by atoms with E-state index >= 15 is 0 Å². The second kappa shape index (κ2) is 3.87. The van der Waals surface area contributed by atoms with E-state index < -0.39 is 0 Å². The molecule has 2 aliphatic heterocycles. The summed E-state index contributed by atoms with van der Waals surface area (Å²) in [5.74, 6) is -0.149. The van der Waals surface area contributed by atoms with E-state index in [1.165, 1.54) is 19.3 Å². The molecule has 2 heterocycles. The minimum Gasteiger partial charge on any atom is -0.368 e. The van der Waals surface area contributed by atoms with Crippen LogP contribution in [0.25, 0.3) is 0 Å². The number of carbonyl (C=O) groups excluding carboxylic acids is 1. The first kappa shape index (κ1) is 9.93. The molecule has 2 saturated heterocycles. The molecular weight excluding hydrogens is 178 g/mol. The minimum absolute atomic E-state index is 0.149. The van der Waals surface area contributed by atoms with Crippen molar-refractivity contribution < 1.29 is 4.79 Å². The van der Waals surface area contributed by atoms with Crippen LogP contribution in [-0.2, 0) is 4.79 Å². The van der Waals surface area contributed by atoms with Gasteiger partial charge in [-0.25, -0.2) is 0 Å². The molecule has 0 aromatic carbocycles. The molecule has 3 N–H and O–H groups in total. The van der Waals surface area contributed by atoms with Crippen LogP contribution in [0.2, 0.25) is 0 Å². The molecule has 0 saturated carbocycles. The van der Waals surface area contributed by atoms with Gasteiger partial charge >= 0.3 is 0 Å². The third kappa shape index (κ3) is 1.53. The summed E-state index contributed by atoms with van der Waals surface area (Å²) in [6.07, 6.45) is 4.57. The Labute approximate surface area is 84.8 Å². The summed E-state index contributed by atoms with van der Waals surface area (Å²) in [5.41, 5.74) is 5.17. The largest absolute Gasteiger partial charge is 0.368 e. The van der Waals surface area contributed by atoms with E-state index in [4.69, 9.17) is 5.73 Å². The van der Waals surface area contributed by atoms with Gasteiger partial charge in [0.25, 0.3) is 0 Å². The molecule has 0 spiro atoms. The predicted molar refractivity (Wildman–Crippen MR) is 54.8 cm³/mol. The van der Waals surface area contributed by atoms with Gasteiger partial charge in [0.15, 0.2) is 0 Å². The zero-order valence-electron chi connectivity index (χ0n) is 8.59. The fraction of sp³-hybridized carbons (Fsp3) is 0.900. The standard InChI is InChI=1S/C10H19N3O/c11-9(14)10(4-5-12-8-10)13-6-2-1-3-7-13/h12H,1-8H2,(H2,11,14). The maximum absolute atomic E-state index is 11.6. The molecule has 4 heteroatoms. The van der Waals surface area contributed by atoms with Crippen LogP contribution in [0.15, 0.2) is 0 Å². The Kier molecular flexibility index (Phi) is 2.74. The van der Waals surface area contributed by atoms with E-state index in [1.54, 1.807) is 0 Å². The van der Waals surface area contributed by atoms with Gasteiger partial charge in [-0.2, -0.15) is 0 Å². The lowest BCUT2D eigenvalue weighted by Gasteiger charge is -2.40. The van der Waals surface area contributed by atoms with Crippen LogP contribution >= 0.6 is 0 Å². The van der Waals surface area contributed by atoms with Crippen molar-refractivity contribution in [1.29, 1.82) is 0 Å². The van der Waals surface area contributed by atoms with Crippen LogP contribution < -0.4 is 11.1 Å². The molecule has 1 unspecified atom stereocenters. The van der Waals surface area contributed by atoms with Crippen LogP contribution in [0.3, 0.4) is 0 Å². The number of carbonyl (C=O) groups is 1. The Morgan fingerprint density at radius 3 is 2.50 bits per heavy atom. The zero-order valence-corrected chi connectivity index (χ0v) is 8.59. The van der Waals surface area contributed by atoms with Crippen molar-refractivity contribution in [2.45, 2.75) is 31.2 Å². The van der Waals surface area contributed by atoms with Crippen molar-refractivity contribution in [3.8, 4) is 0 Å². The van der Waals surface area contributed by atoms with Crippen LogP contribution in [0, 0.1) is 0 Å². The van der Waals surface area contributed by atoms with Crippen LogP contribution in [0.1, 0.15) is 25.7 Å². The summed E-state index contributed by atoms with van der Waals surface area (Å²) in [7, 11) is 0. The van der Waals surface area contributed by atoms with Crippen molar-refractivity contribution in [2.75, 3.05) is 26.2 Å². The van der Waals surface area contributed by atoms with Gasteiger partial charge < -0.3 is 11.1 Å². The summed E-state index contributed by atoms with van der Waals surface area (Å²) in [5, 5.41) is 3.25. The molecule has 2 aliphatic rings. The fourth-order valence-electron chi connectivity index (χ4n) is 2.64. The molecule has 2 rings (SSSR count). The Balaban J connectivity index is 2.12. The molecule has 0 bridgehead atoms. The van der Waals surface area contributed by atoms with E-state index in [1.807, 2.05) is 0 Å². The number of rotatable bonds is 2. The smallest absolute Gasteiger partial charge is 0.239 e. The average molecular weight is 197 g/mol. The zero-order chi connectivity index (χ0) is 10.0. The van der Waals surface area contributed by atoms with Crippen LogP contribution in [0.5, 0.6) is 0 Å². The maximum Gasteiger partial charge on any atom is 0.239 e. The minimum atomic E-state index is -0.375. The molecule has 0 aromatic heterocycles. The van der Waals surface area contributed by atoms with Gasteiger partial charge in [0.2, 0.25) is 5.91 Å². The Bertz CT molecular complexity index is 217. The number of hydrogen-bond acceptors (Lipinski definition) is 3. The summed E-state index contributed by atoms with van der Waals surface area (Å²) in [4.78, 5) is 13.9. The van der Waals surface area contributed by atoms with Crippen LogP contribution in [-0.4, -0.2) is 42.5 Å².